The molecule has 0 atom stereocenters. The Morgan fingerprint density at radius 3 is 1.71 bits per heavy atom. The molecule has 41 heavy (non-hydrogen) atoms. The van der Waals surface area contributed by atoms with Gasteiger partial charge in [-0.25, -0.2) is 0 Å². The molecule has 0 radical (unpaired) electrons. The first-order valence-electron chi connectivity index (χ1n) is 17.5. The molecule has 1 heterocycles. The van der Waals surface area contributed by atoms with Gasteiger partial charge in [-0.2, -0.15) is 0 Å². The monoisotopic (exact) mass is 528 g/mol. The van der Waals surface area contributed by atoms with Crippen LogP contribution in [-0.2, 0) is 0 Å². The minimum absolute atomic E-state index is 0.172. The van der Waals surface area contributed by atoms with Gasteiger partial charge in [0.05, 0.1) is 11.0 Å². The van der Waals surface area contributed by atoms with E-state index in [0.29, 0.717) is 33.4 Å². The van der Waals surface area contributed by atoms with Gasteiger partial charge in [-0.1, -0.05) is 121 Å². The molecule has 1 heteroatoms. The van der Waals surface area contributed by atoms with Gasteiger partial charge < -0.3 is 4.42 Å². The van der Waals surface area contributed by atoms with E-state index in [2.05, 4.69) is 0 Å². The van der Waals surface area contributed by atoms with Crippen LogP contribution < -0.4 is 0 Å². The second-order valence-electron chi connectivity index (χ2n) is 10.3. The van der Waals surface area contributed by atoms with Gasteiger partial charge in [0.1, 0.15) is 11.2 Å². The van der Waals surface area contributed by atoms with Crippen LogP contribution in [0, 0.1) is 0 Å². The Kier molecular flexibility index (Phi) is 3.34. The predicted molar refractivity (Wildman–Crippen MR) is 175 cm³/mol. The molecule has 1 aromatic heterocycles. The van der Waals surface area contributed by atoms with E-state index >= 15 is 0 Å². The summed E-state index contributed by atoms with van der Waals surface area (Å²) in [5.74, 6) is 0. The molecule has 0 spiro atoms. The second-order valence-corrected chi connectivity index (χ2v) is 10.3. The summed E-state index contributed by atoms with van der Waals surface area (Å²) in [6.07, 6.45) is 0. The maximum absolute atomic E-state index is 9.34. The van der Waals surface area contributed by atoms with Crippen molar-refractivity contribution < 1.29 is 15.4 Å². The van der Waals surface area contributed by atoms with E-state index in [9.17, 15) is 5.48 Å². The normalized spacial score (nSPS) is 14.6. The van der Waals surface area contributed by atoms with Crippen LogP contribution in [0.25, 0.3) is 87.3 Å². The highest BCUT2D eigenvalue weighted by molar-refractivity contribution is 6.26. The molecule has 9 aromatic rings. The molecule has 0 aliphatic rings. The summed E-state index contributed by atoms with van der Waals surface area (Å²) in [6, 6.07) is 27.8. The van der Waals surface area contributed by atoms with Crippen LogP contribution in [0.1, 0.15) is 11.0 Å². The lowest BCUT2D eigenvalue weighted by Crippen LogP contribution is -1.92. The molecule has 0 saturated heterocycles. The molecule has 0 unspecified atom stereocenters. The third-order valence-electron chi connectivity index (χ3n) is 8.08. The van der Waals surface area contributed by atoms with E-state index < -0.39 is 24.2 Å². The molecule has 0 amide bonds. The maximum Gasteiger partial charge on any atom is 0.136 e. The zero-order valence-corrected chi connectivity index (χ0v) is 21.6. The molecule has 0 aliphatic carbocycles. The van der Waals surface area contributed by atoms with Gasteiger partial charge >= 0.3 is 0 Å². The largest absolute Gasteiger partial charge is 0.456 e. The van der Waals surface area contributed by atoms with Gasteiger partial charge in [0.15, 0.2) is 0 Å². The molecule has 0 fully saturated rings. The van der Waals surface area contributed by atoms with Crippen molar-refractivity contribution >= 4 is 65.0 Å². The third-order valence-corrected chi connectivity index (χ3v) is 8.08. The first kappa shape index (κ1) is 16.0. The number of fused-ring (bicyclic) bond motifs is 8. The predicted octanol–water partition coefficient (Wildman–Crippen LogP) is 11.5. The Hall–Kier alpha value is -5.40. The highest BCUT2D eigenvalue weighted by Gasteiger charge is 2.19. The standard InChI is InChI=1S/C40H24O/c1-2-12-27-25(11-1)23-36(29-14-4-3-13-28(27)29)40-34-18-7-5-16-32(34)39(33-17-6-8-19-35(33)40)26-21-22-31-30-15-9-10-20-37(30)41-38(31)24-26/h1-24H/i5D,6D,7D,8D,16D,17D,18D,19D. The van der Waals surface area contributed by atoms with Crippen LogP contribution in [-0.4, -0.2) is 0 Å². The lowest BCUT2D eigenvalue weighted by Gasteiger charge is -2.19. The fourth-order valence-corrected chi connectivity index (χ4v) is 6.33. The minimum atomic E-state index is -0.432. The van der Waals surface area contributed by atoms with Crippen molar-refractivity contribution in [3.63, 3.8) is 0 Å². The molecule has 190 valence electrons. The van der Waals surface area contributed by atoms with Gasteiger partial charge in [0.2, 0.25) is 0 Å². The Balaban J connectivity index is 1.58. The first-order chi connectivity index (χ1) is 23.7. The first-order valence-corrected chi connectivity index (χ1v) is 13.5. The smallest absolute Gasteiger partial charge is 0.136 e. The highest BCUT2D eigenvalue weighted by Crippen LogP contribution is 2.47. The molecule has 0 bridgehead atoms. The Morgan fingerprint density at radius 1 is 0.415 bits per heavy atom. The van der Waals surface area contributed by atoms with Crippen LogP contribution in [0.3, 0.4) is 0 Å². The summed E-state index contributed by atoms with van der Waals surface area (Å²) >= 11 is 0. The van der Waals surface area contributed by atoms with Gasteiger partial charge in [-0.15, -0.1) is 0 Å². The zero-order chi connectivity index (χ0) is 33.9. The van der Waals surface area contributed by atoms with Gasteiger partial charge in [0, 0.05) is 10.8 Å². The second kappa shape index (κ2) is 8.55. The van der Waals surface area contributed by atoms with Crippen molar-refractivity contribution in [3.05, 3.63) is 145 Å². The maximum atomic E-state index is 9.34. The average Bonchev–Trinajstić information content (AvgIpc) is 3.51. The summed E-state index contributed by atoms with van der Waals surface area (Å²) < 4.78 is 78.6. The minimum Gasteiger partial charge on any atom is -0.456 e. The molecule has 0 N–H and O–H groups in total. The molecular weight excluding hydrogens is 496 g/mol. The molecule has 9 rings (SSSR count). The highest BCUT2D eigenvalue weighted by atomic mass is 16.3. The van der Waals surface area contributed by atoms with E-state index in [1.54, 1.807) is 6.07 Å². The van der Waals surface area contributed by atoms with Gasteiger partial charge in [-0.05, 0) is 89.6 Å². The number of para-hydroxylation sites is 1. The number of hydrogen-bond donors (Lipinski definition) is 0. The fraction of sp³-hybridized carbons (Fsp3) is 0. The molecule has 0 aliphatic heterocycles. The number of benzene rings is 8. The van der Waals surface area contributed by atoms with Gasteiger partial charge in [-0.3, -0.25) is 0 Å². The van der Waals surface area contributed by atoms with Crippen molar-refractivity contribution in [1.29, 1.82) is 0 Å². The van der Waals surface area contributed by atoms with Crippen molar-refractivity contribution in [1.82, 2.24) is 0 Å². The average molecular weight is 529 g/mol. The van der Waals surface area contributed by atoms with Crippen molar-refractivity contribution in [2.75, 3.05) is 0 Å². The van der Waals surface area contributed by atoms with E-state index in [4.69, 9.17) is 9.90 Å². The fourth-order valence-electron chi connectivity index (χ4n) is 6.33. The quantitative estimate of drug-likeness (QED) is 0.161. The Morgan fingerprint density at radius 2 is 0.976 bits per heavy atom. The van der Waals surface area contributed by atoms with Gasteiger partial charge in [0.25, 0.3) is 0 Å². The Labute approximate surface area is 248 Å². The third kappa shape index (κ3) is 3.24. The Bertz CT molecular complexity index is 2850. The van der Waals surface area contributed by atoms with E-state index in [-0.39, 0.29) is 45.7 Å². The number of furan rings is 1. The van der Waals surface area contributed by atoms with E-state index in [1.807, 2.05) is 91.0 Å². The zero-order valence-electron chi connectivity index (χ0n) is 29.6. The van der Waals surface area contributed by atoms with Crippen LogP contribution in [0.4, 0.5) is 0 Å². The van der Waals surface area contributed by atoms with Crippen molar-refractivity contribution in [2.24, 2.45) is 0 Å². The lowest BCUT2D eigenvalue weighted by atomic mass is 9.84. The number of hydrogen-bond acceptors (Lipinski definition) is 1. The van der Waals surface area contributed by atoms with Crippen molar-refractivity contribution in [2.45, 2.75) is 0 Å². The SMILES string of the molecule is [2H]c1c([2H])c([2H])c2c(-c3cc4ccccc4c4ccccc34)c3c([2H])c([2H])c([2H])c([2H])c3c(-c3ccc4c(c3)oc3ccccc34)c2c1[2H]. The summed E-state index contributed by atoms with van der Waals surface area (Å²) in [5.41, 5.74) is 2.97. The van der Waals surface area contributed by atoms with Crippen LogP contribution in [0.5, 0.6) is 0 Å². The van der Waals surface area contributed by atoms with E-state index in [0.717, 1.165) is 32.3 Å². The van der Waals surface area contributed by atoms with Crippen molar-refractivity contribution in [3.8, 4) is 22.3 Å². The summed E-state index contributed by atoms with van der Waals surface area (Å²) in [4.78, 5) is 0. The number of rotatable bonds is 2. The molecular formula is C40H24O. The summed E-state index contributed by atoms with van der Waals surface area (Å²) in [7, 11) is 0. The summed E-state index contributed by atoms with van der Waals surface area (Å²) in [6.45, 7) is 0. The van der Waals surface area contributed by atoms with Crippen LogP contribution in [0.15, 0.2) is 150 Å². The van der Waals surface area contributed by atoms with Crippen LogP contribution >= 0.6 is 0 Å². The molecule has 1 nitrogen and oxygen atoms in total. The van der Waals surface area contributed by atoms with E-state index in [1.165, 1.54) is 0 Å². The van der Waals surface area contributed by atoms with Crippen LogP contribution in [0.2, 0.25) is 0 Å². The topological polar surface area (TPSA) is 13.1 Å². The lowest BCUT2D eigenvalue weighted by molar-refractivity contribution is 0.669. The molecule has 0 saturated carbocycles. The summed E-state index contributed by atoms with van der Waals surface area (Å²) in [5, 5.41) is 6.08. The molecule has 8 aromatic carbocycles.